The van der Waals surface area contributed by atoms with Crippen LogP contribution in [0, 0.1) is 17.2 Å². The van der Waals surface area contributed by atoms with E-state index in [0.29, 0.717) is 17.7 Å². The summed E-state index contributed by atoms with van der Waals surface area (Å²) in [7, 11) is 0. The van der Waals surface area contributed by atoms with Gasteiger partial charge in [-0.3, -0.25) is 0 Å². The zero-order valence-electron chi connectivity index (χ0n) is 9.01. The fourth-order valence-corrected chi connectivity index (χ4v) is 2.15. The molecular weight excluding hydrogens is 188 g/mol. The monoisotopic (exact) mass is 202 g/mol. The van der Waals surface area contributed by atoms with Crippen LogP contribution in [0.15, 0.2) is 12.4 Å². The first-order valence-corrected chi connectivity index (χ1v) is 5.19. The molecule has 2 heterocycles. The van der Waals surface area contributed by atoms with Gasteiger partial charge in [0.2, 0.25) is 0 Å². The maximum absolute atomic E-state index is 8.62. The Morgan fingerprint density at radius 3 is 2.67 bits per heavy atom. The number of hydrogen-bond donors (Lipinski definition) is 0. The predicted octanol–water partition coefficient (Wildman–Crippen LogP) is 1.58. The summed E-state index contributed by atoms with van der Waals surface area (Å²) in [5, 5.41) is 8.62. The van der Waals surface area contributed by atoms with Crippen LogP contribution in [-0.2, 0) is 0 Å². The molecule has 1 aliphatic rings. The van der Waals surface area contributed by atoms with Crippen molar-refractivity contribution in [2.45, 2.75) is 26.3 Å². The highest BCUT2D eigenvalue weighted by Gasteiger charge is 2.26. The fraction of sp³-hybridized carbons (Fsp3) is 0.545. The molecule has 0 aromatic carbocycles. The lowest BCUT2D eigenvalue weighted by Crippen LogP contribution is -2.27. The van der Waals surface area contributed by atoms with E-state index in [2.05, 4.69) is 28.7 Å². The molecule has 1 aromatic rings. The van der Waals surface area contributed by atoms with Gasteiger partial charge in [0.15, 0.2) is 5.69 Å². The third kappa shape index (κ3) is 1.91. The first-order chi connectivity index (χ1) is 7.20. The summed E-state index contributed by atoms with van der Waals surface area (Å²) < 4.78 is 0. The second kappa shape index (κ2) is 3.85. The highest BCUT2D eigenvalue weighted by Crippen LogP contribution is 2.26. The Balaban J connectivity index is 2.20. The van der Waals surface area contributed by atoms with Crippen LogP contribution < -0.4 is 4.90 Å². The Kier molecular flexibility index (Phi) is 2.55. The summed E-state index contributed by atoms with van der Waals surface area (Å²) in [6, 6.07) is 2.49. The molecular formula is C11H14N4. The van der Waals surface area contributed by atoms with E-state index in [4.69, 9.17) is 5.26 Å². The first-order valence-electron chi connectivity index (χ1n) is 5.19. The van der Waals surface area contributed by atoms with Crippen LogP contribution in [0.4, 0.5) is 5.82 Å². The van der Waals surface area contributed by atoms with Gasteiger partial charge in [-0.25, -0.2) is 9.97 Å². The van der Waals surface area contributed by atoms with E-state index < -0.39 is 0 Å². The first kappa shape index (κ1) is 9.91. The largest absolute Gasteiger partial charge is 0.352 e. The van der Waals surface area contributed by atoms with Crippen molar-refractivity contribution in [1.29, 1.82) is 5.26 Å². The average Bonchev–Trinajstić information content (AvgIpc) is 2.58. The third-order valence-corrected chi connectivity index (χ3v) is 2.83. The van der Waals surface area contributed by atoms with Crippen molar-refractivity contribution in [2.75, 3.05) is 11.4 Å². The van der Waals surface area contributed by atoms with Crippen LogP contribution in [0.5, 0.6) is 0 Å². The van der Waals surface area contributed by atoms with Crippen LogP contribution in [0.1, 0.15) is 26.0 Å². The Morgan fingerprint density at radius 1 is 1.40 bits per heavy atom. The van der Waals surface area contributed by atoms with Crippen LogP contribution in [0.3, 0.4) is 0 Å². The molecule has 0 spiro atoms. The molecule has 0 N–H and O–H groups in total. The molecule has 1 saturated heterocycles. The number of anilines is 1. The van der Waals surface area contributed by atoms with Gasteiger partial charge in [0, 0.05) is 12.6 Å². The molecule has 1 aromatic heterocycles. The van der Waals surface area contributed by atoms with Gasteiger partial charge in [0.25, 0.3) is 0 Å². The van der Waals surface area contributed by atoms with Gasteiger partial charge < -0.3 is 4.90 Å². The summed E-state index contributed by atoms with van der Waals surface area (Å²) in [4.78, 5) is 10.5. The number of rotatable bonds is 1. The molecule has 0 bridgehead atoms. The van der Waals surface area contributed by atoms with E-state index >= 15 is 0 Å². The highest BCUT2D eigenvalue weighted by atomic mass is 15.2. The lowest BCUT2D eigenvalue weighted by Gasteiger charge is -2.21. The van der Waals surface area contributed by atoms with Crippen molar-refractivity contribution in [3.8, 4) is 6.07 Å². The van der Waals surface area contributed by atoms with Gasteiger partial charge in [0.05, 0.1) is 12.4 Å². The Labute approximate surface area is 89.6 Å². The van der Waals surface area contributed by atoms with E-state index in [9.17, 15) is 0 Å². The summed E-state index contributed by atoms with van der Waals surface area (Å²) >= 11 is 0. The molecule has 1 fully saturated rings. The van der Waals surface area contributed by atoms with Crippen LogP contribution >= 0.6 is 0 Å². The van der Waals surface area contributed by atoms with Gasteiger partial charge in [-0.2, -0.15) is 5.26 Å². The van der Waals surface area contributed by atoms with E-state index in [-0.39, 0.29) is 0 Å². The molecule has 0 amide bonds. The molecule has 4 heteroatoms. The van der Waals surface area contributed by atoms with Gasteiger partial charge in [-0.05, 0) is 19.3 Å². The minimum Gasteiger partial charge on any atom is -0.352 e. The predicted molar refractivity (Wildman–Crippen MR) is 57.3 cm³/mol. The summed E-state index contributed by atoms with van der Waals surface area (Å²) in [6.45, 7) is 5.47. The van der Waals surface area contributed by atoms with Crippen LogP contribution in [0.2, 0.25) is 0 Å². The summed E-state index contributed by atoms with van der Waals surface area (Å²) in [5.74, 6) is 1.59. The second-order valence-corrected chi connectivity index (χ2v) is 4.21. The highest BCUT2D eigenvalue weighted by molar-refractivity contribution is 5.39. The van der Waals surface area contributed by atoms with Gasteiger partial charge in [-0.1, -0.05) is 6.92 Å². The minimum absolute atomic E-state index is 0.374. The molecule has 0 saturated carbocycles. The average molecular weight is 202 g/mol. The molecule has 78 valence electrons. The number of nitriles is 1. The molecule has 2 unspecified atom stereocenters. The lowest BCUT2D eigenvalue weighted by atomic mass is 10.1. The molecule has 15 heavy (non-hydrogen) atoms. The maximum Gasteiger partial charge on any atom is 0.158 e. The Morgan fingerprint density at radius 2 is 2.20 bits per heavy atom. The smallest absolute Gasteiger partial charge is 0.158 e. The SMILES string of the molecule is CC1CC(C)N(c2cnc(C#N)cn2)C1. The van der Waals surface area contributed by atoms with Crippen molar-refractivity contribution in [1.82, 2.24) is 9.97 Å². The molecule has 2 atom stereocenters. The zero-order valence-corrected chi connectivity index (χ0v) is 9.01. The molecule has 0 aliphatic carbocycles. The summed E-state index contributed by atoms with van der Waals surface area (Å²) in [5.41, 5.74) is 0.374. The zero-order chi connectivity index (χ0) is 10.8. The van der Waals surface area contributed by atoms with E-state index in [0.717, 1.165) is 12.4 Å². The maximum atomic E-state index is 8.62. The summed E-state index contributed by atoms with van der Waals surface area (Å²) in [6.07, 6.45) is 4.42. The van der Waals surface area contributed by atoms with E-state index in [1.165, 1.54) is 12.6 Å². The Hall–Kier alpha value is -1.63. The van der Waals surface area contributed by atoms with Crippen molar-refractivity contribution in [3.63, 3.8) is 0 Å². The normalized spacial score (nSPS) is 25.3. The van der Waals surface area contributed by atoms with Gasteiger partial charge in [-0.15, -0.1) is 0 Å². The van der Waals surface area contributed by atoms with Crippen LogP contribution in [-0.4, -0.2) is 22.6 Å². The lowest BCUT2D eigenvalue weighted by molar-refractivity contribution is 0.625. The van der Waals surface area contributed by atoms with E-state index in [1.807, 2.05) is 6.07 Å². The topological polar surface area (TPSA) is 52.8 Å². The minimum atomic E-state index is 0.374. The van der Waals surface area contributed by atoms with Crippen molar-refractivity contribution in [3.05, 3.63) is 18.1 Å². The van der Waals surface area contributed by atoms with E-state index in [1.54, 1.807) is 6.20 Å². The van der Waals surface area contributed by atoms with Crippen molar-refractivity contribution >= 4 is 5.82 Å². The van der Waals surface area contributed by atoms with Crippen molar-refractivity contribution in [2.24, 2.45) is 5.92 Å². The number of nitrogens with zero attached hydrogens (tertiary/aromatic N) is 4. The van der Waals surface area contributed by atoms with Crippen molar-refractivity contribution < 1.29 is 0 Å². The molecule has 2 rings (SSSR count). The third-order valence-electron chi connectivity index (χ3n) is 2.83. The second-order valence-electron chi connectivity index (χ2n) is 4.21. The molecule has 0 radical (unpaired) electrons. The van der Waals surface area contributed by atoms with Crippen LogP contribution in [0.25, 0.3) is 0 Å². The van der Waals surface area contributed by atoms with Gasteiger partial charge in [0.1, 0.15) is 11.9 Å². The molecule has 4 nitrogen and oxygen atoms in total. The molecule has 1 aliphatic heterocycles. The fourth-order valence-electron chi connectivity index (χ4n) is 2.15. The standard InChI is InChI=1S/C11H14N4/c1-8-3-9(2)15(7-8)11-6-13-10(4-12)5-14-11/h5-6,8-9H,3,7H2,1-2H3. The Bertz CT molecular complexity index is 379. The quantitative estimate of drug-likeness (QED) is 0.693. The number of aromatic nitrogens is 2. The number of hydrogen-bond acceptors (Lipinski definition) is 4. The van der Waals surface area contributed by atoms with Gasteiger partial charge >= 0.3 is 0 Å².